The number of methoxy groups -OCH3 is 1. The van der Waals surface area contributed by atoms with E-state index in [1.807, 2.05) is 42.5 Å². The average Bonchev–Trinajstić information content (AvgIpc) is 3.49. The van der Waals surface area contributed by atoms with Crippen molar-refractivity contribution in [2.45, 2.75) is 13.2 Å². The van der Waals surface area contributed by atoms with E-state index < -0.39 is 0 Å². The Hall–Kier alpha value is -3.71. The fourth-order valence-corrected chi connectivity index (χ4v) is 2.87. The minimum Gasteiger partial charge on any atom is -0.493 e. The van der Waals surface area contributed by atoms with Gasteiger partial charge in [-0.2, -0.15) is 0 Å². The molecule has 4 rings (SSSR count). The van der Waals surface area contributed by atoms with Gasteiger partial charge < -0.3 is 23.3 Å². The number of aromatic nitrogens is 1. The molecule has 0 radical (unpaired) electrons. The molecule has 0 unspecified atom stereocenters. The lowest BCUT2D eigenvalue weighted by atomic mass is 10.2. The van der Waals surface area contributed by atoms with E-state index in [-0.39, 0.29) is 6.61 Å². The second kappa shape index (κ2) is 9.86. The normalized spacial score (nSPS) is 11.0. The van der Waals surface area contributed by atoms with Crippen molar-refractivity contribution in [1.82, 2.24) is 5.16 Å². The van der Waals surface area contributed by atoms with Crippen molar-refractivity contribution < 1.29 is 23.3 Å². The van der Waals surface area contributed by atoms with Crippen LogP contribution < -0.4 is 9.47 Å². The zero-order valence-corrected chi connectivity index (χ0v) is 17.4. The van der Waals surface area contributed by atoms with Gasteiger partial charge >= 0.3 is 0 Å². The minimum atomic E-state index is 0.167. The van der Waals surface area contributed by atoms with Crippen LogP contribution in [-0.2, 0) is 18.1 Å². The van der Waals surface area contributed by atoms with Crippen LogP contribution in [0.4, 0.5) is 0 Å². The summed E-state index contributed by atoms with van der Waals surface area (Å²) in [6, 6.07) is 18.3. The lowest BCUT2D eigenvalue weighted by Gasteiger charge is -2.11. The Morgan fingerprint density at radius 3 is 2.65 bits per heavy atom. The Kier molecular flexibility index (Phi) is 6.54. The number of rotatable bonds is 9. The van der Waals surface area contributed by atoms with E-state index in [4.69, 9.17) is 34.9 Å². The first-order valence-corrected chi connectivity index (χ1v) is 9.79. The SMILES string of the molecule is COc1cc(/C=N/OCc2cc(-c3ccco3)on2)ccc1OCc1ccc(Cl)cc1. The van der Waals surface area contributed by atoms with Gasteiger partial charge in [-0.05, 0) is 48.0 Å². The van der Waals surface area contributed by atoms with Gasteiger partial charge in [-0.15, -0.1) is 0 Å². The van der Waals surface area contributed by atoms with Crippen molar-refractivity contribution in [2.24, 2.45) is 5.16 Å². The molecule has 0 N–H and O–H groups in total. The predicted molar refractivity (Wildman–Crippen MR) is 115 cm³/mol. The van der Waals surface area contributed by atoms with E-state index in [2.05, 4.69) is 10.3 Å². The van der Waals surface area contributed by atoms with Crippen LogP contribution in [0.15, 0.2) is 81.0 Å². The van der Waals surface area contributed by atoms with Crippen molar-refractivity contribution >= 4 is 17.8 Å². The van der Waals surface area contributed by atoms with Gasteiger partial charge in [0.05, 0.1) is 19.6 Å². The summed E-state index contributed by atoms with van der Waals surface area (Å²) in [5, 5.41) is 8.59. The molecule has 2 heterocycles. The van der Waals surface area contributed by atoms with Gasteiger partial charge in [0.2, 0.25) is 5.76 Å². The van der Waals surface area contributed by atoms with Crippen LogP contribution in [0.5, 0.6) is 11.5 Å². The van der Waals surface area contributed by atoms with Gasteiger partial charge in [0, 0.05) is 16.7 Å². The summed E-state index contributed by atoms with van der Waals surface area (Å²) >= 11 is 5.91. The molecule has 0 bridgehead atoms. The third-order valence-corrected chi connectivity index (χ3v) is 4.56. The zero-order valence-electron chi connectivity index (χ0n) is 16.7. The molecule has 4 aromatic rings. The summed E-state index contributed by atoms with van der Waals surface area (Å²) in [7, 11) is 1.59. The Labute approximate surface area is 183 Å². The Morgan fingerprint density at radius 2 is 1.87 bits per heavy atom. The molecule has 2 aromatic heterocycles. The molecule has 0 atom stereocenters. The monoisotopic (exact) mass is 438 g/mol. The highest BCUT2D eigenvalue weighted by molar-refractivity contribution is 6.30. The lowest BCUT2D eigenvalue weighted by molar-refractivity contribution is 0.126. The molecule has 8 heteroatoms. The first kappa shape index (κ1) is 20.6. The van der Waals surface area contributed by atoms with E-state index in [1.165, 1.54) is 0 Å². The molecule has 31 heavy (non-hydrogen) atoms. The number of benzene rings is 2. The molecule has 0 aliphatic rings. The summed E-state index contributed by atoms with van der Waals surface area (Å²) in [6.45, 7) is 0.571. The Morgan fingerprint density at radius 1 is 1.00 bits per heavy atom. The van der Waals surface area contributed by atoms with Crippen molar-refractivity contribution in [1.29, 1.82) is 0 Å². The van der Waals surface area contributed by atoms with Crippen molar-refractivity contribution in [2.75, 3.05) is 7.11 Å². The highest BCUT2D eigenvalue weighted by Gasteiger charge is 2.09. The van der Waals surface area contributed by atoms with Crippen LogP contribution in [-0.4, -0.2) is 18.5 Å². The largest absolute Gasteiger partial charge is 0.493 e. The van der Waals surface area contributed by atoms with Crippen LogP contribution in [0, 0.1) is 0 Å². The van der Waals surface area contributed by atoms with Gasteiger partial charge in [0.25, 0.3) is 0 Å². The molecular weight excluding hydrogens is 420 g/mol. The maximum absolute atomic E-state index is 5.91. The first-order valence-electron chi connectivity index (χ1n) is 9.41. The third kappa shape index (κ3) is 5.46. The van der Waals surface area contributed by atoms with Crippen molar-refractivity contribution in [3.63, 3.8) is 0 Å². The van der Waals surface area contributed by atoms with Gasteiger partial charge in [-0.25, -0.2) is 0 Å². The van der Waals surface area contributed by atoms with Crippen molar-refractivity contribution in [3.05, 3.63) is 88.8 Å². The van der Waals surface area contributed by atoms with Gasteiger partial charge in [0.15, 0.2) is 23.9 Å². The van der Waals surface area contributed by atoms with Gasteiger partial charge in [-0.3, -0.25) is 0 Å². The van der Waals surface area contributed by atoms with Crippen LogP contribution in [0.25, 0.3) is 11.5 Å². The number of furan rings is 1. The quantitative estimate of drug-likeness (QED) is 0.245. The molecule has 2 aromatic carbocycles. The predicted octanol–water partition coefficient (Wildman–Crippen LogP) is 5.73. The molecule has 7 nitrogen and oxygen atoms in total. The maximum Gasteiger partial charge on any atom is 0.202 e. The standard InChI is InChI=1S/C23H19ClN2O5/c1-27-22-11-17(6-9-21(22)29-14-16-4-7-18(24)8-5-16)13-25-30-15-19-12-23(31-26-19)20-3-2-10-28-20/h2-13H,14-15H2,1H3/b25-13+. The third-order valence-electron chi connectivity index (χ3n) is 4.31. The first-order chi connectivity index (χ1) is 15.2. The number of oxime groups is 1. The molecule has 0 fully saturated rings. The molecule has 0 saturated heterocycles. The van der Waals surface area contributed by atoms with E-state index >= 15 is 0 Å². The number of hydrogen-bond acceptors (Lipinski definition) is 7. The van der Waals surface area contributed by atoms with Crippen LogP contribution in [0.2, 0.25) is 5.02 Å². The number of hydrogen-bond donors (Lipinski definition) is 0. The minimum absolute atomic E-state index is 0.167. The molecule has 0 aliphatic carbocycles. The zero-order chi connectivity index (χ0) is 21.5. The lowest BCUT2D eigenvalue weighted by Crippen LogP contribution is -1.98. The highest BCUT2D eigenvalue weighted by Crippen LogP contribution is 2.28. The summed E-state index contributed by atoms with van der Waals surface area (Å²) in [6.07, 6.45) is 3.15. The van der Waals surface area contributed by atoms with Crippen LogP contribution in [0.1, 0.15) is 16.8 Å². The van der Waals surface area contributed by atoms with E-state index in [0.29, 0.717) is 40.3 Å². The Balaban J connectivity index is 1.32. The smallest absolute Gasteiger partial charge is 0.202 e. The number of nitrogens with zero attached hydrogens (tertiary/aromatic N) is 2. The second-order valence-electron chi connectivity index (χ2n) is 6.49. The van der Waals surface area contributed by atoms with Gasteiger partial charge in [0.1, 0.15) is 12.3 Å². The molecule has 0 spiro atoms. The Bertz CT molecular complexity index is 1140. The second-order valence-corrected chi connectivity index (χ2v) is 6.93. The van der Waals surface area contributed by atoms with Gasteiger partial charge in [-0.1, -0.05) is 34.0 Å². The molecule has 0 saturated carbocycles. The maximum atomic E-state index is 5.91. The highest BCUT2D eigenvalue weighted by atomic mass is 35.5. The summed E-state index contributed by atoms with van der Waals surface area (Å²) in [5.41, 5.74) is 2.41. The number of halogens is 1. The number of ether oxygens (including phenoxy) is 2. The molecule has 0 aliphatic heterocycles. The van der Waals surface area contributed by atoms with Crippen molar-refractivity contribution in [3.8, 4) is 23.0 Å². The van der Waals surface area contributed by atoms with Crippen LogP contribution in [0.3, 0.4) is 0 Å². The average molecular weight is 439 g/mol. The fraction of sp³-hybridized carbons (Fsp3) is 0.130. The van der Waals surface area contributed by atoms with E-state index in [0.717, 1.165) is 11.1 Å². The topological polar surface area (TPSA) is 79.2 Å². The molecular formula is C23H19ClN2O5. The fourth-order valence-electron chi connectivity index (χ4n) is 2.74. The van der Waals surface area contributed by atoms with E-state index in [1.54, 1.807) is 37.8 Å². The molecule has 0 amide bonds. The summed E-state index contributed by atoms with van der Waals surface area (Å²) in [4.78, 5) is 5.31. The summed E-state index contributed by atoms with van der Waals surface area (Å²) < 4.78 is 21.8. The van der Waals surface area contributed by atoms with Crippen LogP contribution >= 0.6 is 11.6 Å². The van der Waals surface area contributed by atoms with E-state index in [9.17, 15) is 0 Å². The summed E-state index contributed by atoms with van der Waals surface area (Å²) in [5.74, 6) is 2.36. The molecule has 158 valence electrons.